The minimum atomic E-state index is -0.399. The van der Waals surface area contributed by atoms with Crippen molar-refractivity contribution < 1.29 is 14.1 Å². The molecule has 0 spiro atoms. The Labute approximate surface area is 190 Å². The number of aromatic nitrogens is 1. The van der Waals surface area contributed by atoms with E-state index in [1.165, 1.54) is 6.07 Å². The van der Waals surface area contributed by atoms with Crippen molar-refractivity contribution in [3.8, 4) is 11.3 Å². The van der Waals surface area contributed by atoms with Crippen LogP contribution in [0.3, 0.4) is 0 Å². The van der Waals surface area contributed by atoms with Gasteiger partial charge in [-0.25, -0.2) is 0 Å². The molecule has 2 aliphatic rings. The van der Waals surface area contributed by atoms with Crippen LogP contribution in [-0.2, 0) is 4.74 Å². The molecular formula is C23H22N4O4S. The Morgan fingerprint density at radius 3 is 2.78 bits per heavy atom. The number of nitro benzene ring substituents is 1. The quantitative estimate of drug-likeness (QED) is 0.336. The normalized spacial score (nSPS) is 22.8. The SMILES string of the molecule is O=[N+]([O-])c1ccccc1-c1ccc([C@@H]2[C@@H](c3ccccn3)NC(=S)N2C[C@H]2CCCO2)o1. The van der Waals surface area contributed by atoms with E-state index in [9.17, 15) is 10.1 Å². The van der Waals surface area contributed by atoms with Gasteiger partial charge in [0.15, 0.2) is 5.11 Å². The molecule has 4 heterocycles. The van der Waals surface area contributed by atoms with Crippen molar-refractivity contribution in [2.24, 2.45) is 0 Å². The molecule has 2 aromatic heterocycles. The molecule has 0 radical (unpaired) electrons. The molecule has 0 aliphatic carbocycles. The first-order valence-corrected chi connectivity index (χ1v) is 11.0. The highest BCUT2D eigenvalue weighted by Crippen LogP contribution is 2.42. The first-order valence-electron chi connectivity index (χ1n) is 10.5. The number of ether oxygens (including phenoxy) is 1. The van der Waals surface area contributed by atoms with Gasteiger partial charge in [-0.2, -0.15) is 0 Å². The molecule has 9 heteroatoms. The number of nitro groups is 1. The predicted octanol–water partition coefficient (Wildman–Crippen LogP) is 4.40. The van der Waals surface area contributed by atoms with Crippen LogP contribution in [0, 0.1) is 10.1 Å². The van der Waals surface area contributed by atoms with Gasteiger partial charge in [-0.3, -0.25) is 15.1 Å². The molecule has 0 bridgehead atoms. The van der Waals surface area contributed by atoms with Crippen molar-refractivity contribution >= 4 is 23.0 Å². The van der Waals surface area contributed by atoms with Gasteiger partial charge in [-0.15, -0.1) is 0 Å². The van der Waals surface area contributed by atoms with E-state index >= 15 is 0 Å². The Morgan fingerprint density at radius 1 is 1.19 bits per heavy atom. The molecule has 2 aliphatic heterocycles. The maximum Gasteiger partial charge on any atom is 0.280 e. The molecule has 3 atom stereocenters. The van der Waals surface area contributed by atoms with Crippen LogP contribution in [0.1, 0.15) is 36.4 Å². The standard InChI is InChI=1S/C23H22N4O4S/c28-27(29)18-9-2-1-7-16(18)19-10-11-20(31-19)22-21(17-8-3-4-12-24-17)25-23(32)26(22)14-15-6-5-13-30-15/h1-4,7-12,15,21-22H,5-6,13-14H2,(H,25,32)/t15-,21-,22-/m1/s1. The molecule has 0 unspecified atom stereocenters. The minimum absolute atomic E-state index is 0.00551. The smallest absolute Gasteiger partial charge is 0.280 e. The van der Waals surface area contributed by atoms with Crippen LogP contribution < -0.4 is 5.32 Å². The number of thiocarbonyl (C=S) groups is 1. The highest BCUT2D eigenvalue weighted by atomic mass is 32.1. The van der Waals surface area contributed by atoms with Gasteiger partial charge in [0.05, 0.1) is 28.3 Å². The molecule has 5 rings (SSSR count). The average molecular weight is 451 g/mol. The van der Waals surface area contributed by atoms with Gasteiger partial charge in [-0.05, 0) is 55.4 Å². The third-order valence-electron chi connectivity index (χ3n) is 5.91. The molecule has 2 fully saturated rings. The van der Waals surface area contributed by atoms with Crippen molar-refractivity contribution in [3.05, 3.63) is 82.4 Å². The summed E-state index contributed by atoms with van der Waals surface area (Å²) in [5.41, 5.74) is 1.29. The van der Waals surface area contributed by atoms with Gasteiger partial charge in [-0.1, -0.05) is 18.2 Å². The fourth-order valence-electron chi connectivity index (χ4n) is 4.42. The van der Waals surface area contributed by atoms with E-state index in [0.29, 0.717) is 28.7 Å². The largest absolute Gasteiger partial charge is 0.459 e. The van der Waals surface area contributed by atoms with Gasteiger partial charge in [0, 0.05) is 25.4 Å². The zero-order valence-electron chi connectivity index (χ0n) is 17.2. The first-order chi connectivity index (χ1) is 15.6. The molecule has 1 aromatic carbocycles. The lowest BCUT2D eigenvalue weighted by Crippen LogP contribution is -2.36. The van der Waals surface area contributed by atoms with Crippen molar-refractivity contribution in [3.63, 3.8) is 0 Å². The Bertz CT molecular complexity index is 1130. The lowest BCUT2D eigenvalue weighted by molar-refractivity contribution is -0.384. The van der Waals surface area contributed by atoms with E-state index in [-0.39, 0.29) is 23.9 Å². The Balaban J connectivity index is 1.53. The summed E-state index contributed by atoms with van der Waals surface area (Å²) in [7, 11) is 0. The van der Waals surface area contributed by atoms with Crippen molar-refractivity contribution in [2.75, 3.05) is 13.2 Å². The first kappa shape index (κ1) is 20.6. The number of hydrogen-bond donors (Lipinski definition) is 1. The summed E-state index contributed by atoms with van der Waals surface area (Å²) in [6, 6.07) is 15.5. The summed E-state index contributed by atoms with van der Waals surface area (Å²) < 4.78 is 12.1. The van der Waals surface area contributed by atoms with Gasteiger partial charge in [0.25, 0.3) is 5.69 Å². The van der Waals surface area contributed by atoms with Crippen molar-refractivity contribution in [2.45, 2.75) is 31.0 Å². The predicted molar refractivity (Wildman–Crippen MR) is 122 cm³/mol. The molecule has 2 saturated heterocycles. The van der Waals surface area contributed by atoms with Crippen LogP contribution >= 0.6 is 12.2 Å². The lowest BCUT2D eigenvalue weighted by atomic mass is 10.0. The maximum atomic E-state index is 11.5. The second kappa shape index (κ2) is 8.68. The monoisotopic (exact) mass is 450 g/mol. The highest BCUT2D eigenvalue weighted by Gasteiger charge is 2.43. The Kier molecular flexibility index (Phi) is 5.59. The van der Waals surface area contributed by atoms with Gasteiger partial charge in [0.1, 0.15) is 17.6 Å². The number of hydrogen-bond acceptors (Lipinski definition) is 6. The van der Waals surface area contributed by atoms with Crippen LogP contribution in [0.4, 0.5) is 5.69 Å². The Morgan fingerprint density at radius 2 is 2.03 bits per heavy atom. The third kappa shape index (κ3) is 3.85. The summed E-state index contributed by atoms with van der Waals surface area (Å²) in [5, 5.41) is 15.5. The van der Waals surface area contributed by atoms with Crippen LogP contribution in [0.5, 0.6) is 0 Å². The summed E-state index contributed by atoms with van der Waals surface area (Å²) in [6.45, 7) is 1.40. The van der Waals surface area contributed by atoms with Gasteiger partial charge in [0.2, 0.25) is 0 Å². The van der Waals surface area contributed by atoms with Gasteiger partial charge >= 0.3 is 0 Å². The van der Waals surface area contributed by atoms with E-state index in [1.807, 2.05) is 24.3 Å². The fraction of sp³-hybridized carbons (Fsp3) is 0.304. The minimum Gasteiger partial charge on any atom is -0.459 e. The van der Waals surface area contributed by atoms with E-state index in [2.05, 4.69) is 15.2 Å². The van der Waals surface area contributed by atoms with Crippen LogP contribution in [-0.4, -0.2) is 39.2 Å². The number of rotatable bonds is 6. The van der Waals surface area contributed by atoms with E-state index in [1.54, 1.807) is 30.5 Å². The zero-order valence-corrected chi connectivity index (χ0v) is 18.0. The van der Waals surface area contributed by atoms with E-state index in [4.69, 9.17) is 21.4 Å². The van der Waals surface area contributed by atoms with Gasteiger partial charge < -0.3 is 19.4 Å². The van der Waals surface area contributed by atoms with Crippen LogP contribution in [0.2, 0.25) is 0 Å². The summed E-state index contributed by atoms with van der Waals surface area (Å²) >= 11 is 5.68. The summed E-state index contributed by atoms with van der Waals surface area (Å²) in [4.78, 5) is 17.7. The van der Waals surface area contributed by atoms with Crippen LogP contribution in [0.25, 0.3) is 11.3 Å². The molecule has 0 amide bonds. The maximum absolute atomic E-state index is 11.5. The number of benzene rings is 1. The third-order valence-corrected chi connectivity index (χ3v) is 6.26. The Hall–Kier alpha value is -3.30. The zero-order chi connectivity index (χ0) is 22.1. The average Bonchev–Trinajstić information content (AvgIpc) is 3.56. The van der Waals surface area contributed by atoms with Crippen molar-refractivity contribution in [1.82, 2.24) is 15.2 Å². The van der Waals surface area contributed by atoms with Crippen molar-refractivity contribution in [1.29, 1.82) is 0 Å². The van der Waals surface area contributed by atoms with E-state index < -0.39 is 4.92 Å². The summed E-state index contributed by atoms with van der Waals surface area (Å²) in [6.07, 6.45) is 3.88. The molecule has 8 nitrogen and oxygen atoms in total. The molecule has 1 N–H and O–H groups in total. The molecule has 32 heavy (non-hydrogen) atoms. The number of nitrogens with one attached hydrogen (secondary N) is 1. The molecule has 3 aromatic rings. The fourth-order valence-corrected chi connectivity index (χ4v) is 4.73. The topological polar surface area (TPSA) is 93.7 Å². The highest BCUT2D eigenvalue weighted by molar-refractivity contribution is 7.80. The number of furan rings is 1. The number of pyridine rings is 1. The van der Waals surface area contributed by atoms with Crippen LogP contribution in [0.15, 0.2) is 65.2 Å². The number of nitrogens with zero attached hydrogens (tertiary/aromatic N) is 3. The second-order valence-corrected chi connectivity index (χ2v) is 8.28. The molecule has 164 valence electrons. The lowest BCUT2D eigenvalue weighted by Gasteiger charge is -2.28. The van der Waals surface area contributed by atoms with E-state index in [0.717, 1.165) is 25.1 Å². The molecule has 0 saturated carbocycles. The summed E-state index contributed by atoms with van der Waals surface area (Å²) in [5.74, 6) is 1.11. The molecular weight excluding hydrogens is 428 g/mol. The second-order valence-electron chi connectivity index (χ2n) is 7.89. The number of para-hydroxylation sites is 1.